The van der Waals surface area contributed by atoms with E-state index in [0.717, 1.165) is 50.8 Å². The summed E-state index contributed by atoms with van der Waals surface area (Å²) in [6, 6.07) is 8.62. The van der Waals surface area contributed by atoms with E-state index in [-0.39, 0.29) is 23.3 Å². The number of ether oxygens (including phenoxy) is 1. The molecule has 1 aliphatic carbocycles. The summed E-state index contributed by atoms with van der Waals surface area (Å²) < 4.78 is 6.82. The lowest BCUT2D eigenvalue weighted by Gasteiger charge is -2.36. The van der Waals surface area contributed by atoms with Gasteiger partial charge in [0.1, 0.15) is 0 Å². The van der Waals surface area contributed by atoms with Crippen molar-refractivity contribution in [2.75, 3.05) is 26.8 Å². The second-order valence-corrected chi connectivity index (χ2v) is 10.1. The molecular formula is C28H39N3O3. The quantitative estimate of drug-likeness (QED) is 0.576. The van der Waals surface area contributed by atoms with Gasteiger partial charge in [0.25, 0.3) is 5.56 Å². The standard InChI is InChI=1S/C28H39N3O3/c1-19-14-21(6-5-13-34-4)15-23(20(19)2)18-31(24-7-8-24)28(33)26-17-29-11-9-25(26)22-10-12-30(3)27(32)16-22/h10,12,14-16,24-26,29H,5-9,11,13,17-18H2,1-4H3/t25?,26-/m0/s1. The highest BCUT2D eigenvalue weighted by Crippen LogP contribution is 2.36. The molecule has 34 heavy (non-hydrogen) atoms. The van der Waals surface area contributed by atoms with Crippen LogP contribution in [-0.2, 0) is 29.5 Å². The van der Waals surface area contributed by atoms with Crippen molar-refractivity contribution in [3.8, 4) is 0 Å². The van der Waals surface area contributed by atoms with Crippen LogP contribution >= 0.6 is 0 Å². The second kappa shape index (κ2) is 10.9. The molecule has 1 aliphatic heterocycles. The van der Waals surface area contributed by atoms with E-state index in [1.165, 1.54) is 22.3 Å². The molecule has 1 saturated heterocycles. The van der Waals surface area contributed by atoms with Gasteiger partial charge in [0, 0.05) is 52.2 Å². The summed E-state index contributed by atoms with van der Waals surface area (Å²) in [4.78, 5) is 28.4. The monoisotopic (exact) mass is 465 g/mol. The summed E-state index contributed by atoms with van der Waals surface area (Å²) in [7, 11) is 3.51. The van der Waals surface area contributed by atoms with Crippen LogP contribution in [0.1, 0.15) is 59.4 Å². The van der Waals surface area contributed by atoms with E-state index in [1.54, 1.807) is 24.8 Å². The van der Waals surface area contributed by atoms with Gasteiger partial charge in [-0.15, -0.1) is 0 Å². The fourth-order valence-electron chi connectivity index (χ4n) is 5.22. The van der Waals surface area contributed by atoms with E-state index in [2.05, 4.69) is 36.2 Å². The van der Waals surface area contributed by atoms with Crippen LogP contribution in [0.5, 0.6) is 0 Å². The van der Waals surface area contributed by atoms with Crippen LogP contribution in [0.4, 0.5) is 0 Å². The Hall–Kier alpha value is -2.44. The van der Waals surface area contributed by atoms with Gasteiger partial charge in [0.15, 0.2) is 0 Å². The van der Waals surface area contributed by atoms with Crippen LogP contribution in [0.15, 0.2) is 35.3 Å². The predicted molar refractivity (Wildman–Crippen MR) is 135 cm³/mol. The van der Waals surface area contributed by atoms with Crippen LogP contribution < -0.4 is 10.9 Å². The minimum Gasteiger partial charge on any atom is -0.385 e. The fraction of sp³-hybridized carbons (Fsp3) is 0.571. The van der Waals surface area contributed by atoms with Gasteiger partial charge in [-0.2, -0.15) is 0 Å². The van der Waals surface area contributed by atoms with Gasteiger partial charge in [-0.3, -0.25) is 9.59 Å². The molecule has 1 N–H and O–H groups in total. The van der Waals surface area contributed by atoms with Crippen molar-refractivity contribution in [2.24, 2.45) is 13.0 Å². The number of carbonyl (C=O) groups excluding carboxylic acids is 1. The first-order valence-corrected chi connectivity index (χ1v) is 12.6. The molecule has 2 aliphatic rings. The maximum absolute atomic E-state index is 14.0. The summed E-state index contributed by atoms with van der Waals surface area (Å²) in [6.45, 7) is 7.29. The molecule has 2 atom stereocenters. The van der Waals surface area contributed by atoms with E-state index in [1.807, 2.05) is 12.3 Å². The van der Waals surface area contributed by atoms with Crippen molar-refractivity contribution in [2.45, 2.75) is 64.5 Å². The molecule has 6 heteroatoms. The van der Waals surface area contributed by atoms with Crippen LogP contribution in [0.3, 0.4) is 0 Å². The Kier molecular flexibility index (Phi) is 7.89. The zero-order chi connectivity index (χ0) is 24.2. The maximum atomic E-state index is 14.0. The molecule has 4 rings (SSSR count). The number of hydrogen-bond acceptors (Lipinski definition) is 4. The number of amides is 1. The van der Waals surface area contributed by atoms with E-state index in [4.69, 9.17) is 4.74 Å². The third-order valence-corrected chi connectivity index (χ3v) is 7.62. The van der Waals surface area contributed by atoms with Gasteiger partial charge in [0.05, 0.1) is 5.92 Å². The molecule has 1 aromatic heterocycles. The molecule has 2 heterocycles. The third kappa shape index (κ3) is 5.61. The Morgan fingerprint density at radius 1 is 1.21 bits per heavy atom. The van der Waals surface area contributed by atoms with Gasteiger partial charge < -0.3 is 19.5 Å². The van der Waals surface area contributed by atoms with Gasteiger partial charge in [-0.1, -0.05) is 12.1 Å². The molecule has 1 unspecified atom stereocenters. The lowest BCUT2D eigenvalue weighted by molar-refractivity contribution is -0.138. The van der Waals surface area contributed by atoms with Crippen LogP contribution in [0.25, 0.3) is 0 Å². The molecule has 2 fully saturated rings. The summed E-state index contributed by atoms with van der Waals surface area (Å²) in [6.07, 6.45) is 6.82. The van der Waals surface area contributed by atoms with Crippen molar-refractivity contribution >= 4 is 5.91 Å². The fourth-order valence-corrected chi connectivity index (χ4v) is 5.22. The zero-order valence-corrected chi connectivity index (χ0v) is 21.1. The Morgan fingerprint density at radius 3 is 2.71 bits per heavy atom. The number of methoxy groups -OCH3 is 1. The summed E-state index contributed by atoms with van der Waals surface area (Å²) in [5.41, 5.74) is 6.10. The van der Waals surface area contributed by atoms with Crippen molar-refractivity contribution in [1.82, 2.24) is 14.8 Å². The van der Waals surface area contributed by atoms with Crippen molar-refractivity contribution in [1.29, 1.82) is 0 Å². The number of nitrogens with zero attached hydrogens (tertiary/aromatic N) is 2. The van der Waals surface area contributed by atoms with Crippen LogP contribution in [-0.4, -0.2) is 48.2 Å². The van der Waals surface area contributed by atoms with E-state index >= 15 is 0 Å². The first-order valence-electron chi connectivity index (χ1n) is 12.6. The predicted octanol–water partition coefficient (Wildman–Crippen LogP) is 3.47. The first-order chi connectivity index (χ1) is 16.4. The molecule has 0 radical (unpaired) electrons. The number of aryl methyl sites for hydroxylation is 3. The Balaban J connectivity index is 1.58. The van der Waals surface area contributed by atoms with Crippen LogP contribution in [0.2, 0.25) is 0 Å². The second-order valence-electron chi connectivity index (χ2n) is 10.1. The number of carbonyl (C=O) groups is 1. The van der Waals surface area contributed by atoms with Crippen molar-refractivity contribution in [3.05, 3.63) is 68.6 Å². The van der Waals surface area contributed by atoms with Gasteiger partial charge in [-0.25, -0.2) is 0 Å². The lowest BCUT2D eigenvalue weighted by atomic mass is 9.80. The van der Waals surface area contributed by atoms with Gasteiger partial charge >= 0.3 is 0 Å². The number of aromatic nitrogens is 1. The van der Waals surface area contributed by atoms with E-state index < -0.39 is 0 Å². The molecule has 1 saturated carbocycles. The van der Waals surface area contributed by atoms with Crippen LogP contribution in [0, 0.1) is 19.8 Å². The average Bonchev–Trinajstić information content (AvgIpc) is 3.67. The largest absolute Gasteiger partial charge is 0.385 e. The number of pyridine rings is 1. The summed E-state index contributed by atoms with van der Waals surface area (Å²) in [5.74, 6) is 0.155. The summed E-state index contributed by atoms with van der Waals surface area (Å²) >= 11 is 0. The molecule has 1 aromatic carbocycles. The Bertz CT molecular complexity index is 1070. The third-order valence-electron chi connectivity index (χ3n) is 7.62. The lowest BCUT2D eigenvalue weighted by Crippen LogP contribution is -2.47. The topological polar surface area (TPSA) is 63.6 Å². The molecule has 1 amide bonds. The molecule has 6 nitrogen and oxygen atoms in total. The zero-order valence-electron chi connectivity index (χ0n) is 21.1. The molecule has 2 aromatic rings. The number of piperidine rings is 1. The average molecular weight is 466 g/mol. The Morgan fingerprint density at radius 2 is 2.00 bits per heavy atom. The number of hydrogen-bond donors (Lipinski definition) is 1. The highest BCUT2D eigenvalue weighted by molar-refractivity contribution is 5.81. The van der Waals surface area contributed by atoms with Crippen molar-refractivity contribution in [3.63, 3.8) is 0 Å². The maximum Gasteiger partial charge on any atom is 0.250 e. The first kappa shape index (κ1) is 24.7. The van der Waals surface area contributed by atoms with Gasteiger partial charge in [0.2, 0.25) is 5.91 Å². The van der Waals surface area contributed by atoms with E-state index in [0.29, 0.717) is 19.1 Å². The molecule has 0 bridgehead atoms. The van der Waals surface area contributed by atoms with E-state index in [9.17, 15) is 9.59 Å². The Labute approximate surface area is 203 Å². The summed E-state index contributed by atoms with van der Waals surface area (Å²) in [5, 5.41) is 3.44. The SMILES string of the molecule is COCCCc1cc(C)c(C)c(CN(C(=O)[C@H]2CNCCC2c2ccn(C)c(=O)c2)C2CC2)c1. The highest BCUT2D eigenvalue weighted by atomic mass is 16.5. The minimum atomic E-state index is -0.146. The molecule has 0 spiro atoms. The number of rotatable bonds is 9. The molecular weight excluding hydrogens is 426 g/mol. The normalized spacial score (nSPS) is 20.4. The smallest absolute Gasteiger partial charge is 0.250 e. The van der Waals surface area contributed by atoms with Crippen molar-refractivity contribution < 1.29 is 9.53 Å². The highest BCUT2D eigenvalue weighted by Gasteiger charge is 2.40. The van der Waals surface area contributed by atoms with Gasteiger partial charge in [-0.05, 0) is 92.3 Å². The minimum absolute atomic E-state index is 0.0160. The number of benzene rings is 1. The number of nitrogens with one attached hydrogen (secondary N) is 1. The molecule has 184 valence electrons.